The molecule has 3 fully saturated rings. The molecule has 6 rings (SSSR count). The van der Waals surface area contributed by atoms with Crippen molar-refractivity contribution >= 4 is 29.2 Å². The molecule has 0 saturated heterocycles. The summed E-state index contributed by atoms with van der Waals surface area (Å²) in [5, 5.41) is 20.0. The van der Waals surface area contributed by atoms with Gasteiger partial charge in [-0.05, 0) is 97.3 Å². The van der Waals surface area contributed by atoms with E-state index in [2.05, 4.69) is 52.8 Å². The highest BCUT2D eigenvalue weighted by Gasteiger charge is 2.67. The van der Waals surface area contributed by atoms with Crippen LogP contribution < -0.4 is 0 Å². The summed E-state index contributed by atoms with van der Waals surface area (Å²) >= 11 is 0. The molecule has 5 aliphatic carbocycles. The molecule has 0 bridgehead atoms. The summed E-state index contributed by atoms with van der Waals surface area (Å²) in [6.45, 7) is 11.4. The van der Waals surface area contributed by atoms with Gasteiger partial charge in [-0.1, -0.05) is 39.3 Å². The molecule has 6 atom stereocenters. The number of nitriles is 2. The van der Waals surface area contributed by atoms with E-state index in [0.29, 0.717) is 11.1 Å². The van der Waals surface area contributed by atoms with E-state index in [1.807, 2.05) is 0 Å². The van der Waals surface area contributed by atoms with Crippen LogP contribution in [-0.4, -0.2) is 24.6 Å². The van der Waals surface area contributed by atoms with Crippen LogP contribution in [0.2, 0.25) is 0 Å². The second-order valence-electron chi connectivity index (χ2n) is 14.2. The first-order valence-corrected chi connectivity index (χ1v) is 14.4. The molecule has 6 nitrogen and oxygen atoms in total. The van der Waals surface area contributed by atoms with Gasteiger partial charge in [0.15, 0.2) is 0 Å². The van der Waals surface area contributed by atoms with Gasteiger partial charge in [0.05, 0.1) is 23.7 Å². The van der Waals surface area contributed by atoms with Crippen LogP contribution in [0.4, 0.5) is 0 Å². The van der Waals surface area contributed by atoms with Crippen LogP contribution in [0.1, 0.15) is 112 Å². The molecule has 0 radical (unpaired) electrons. The molecule has 1 aromatic rings. The summed E-state index contributed by atoms with van der Waals surface area (Å²) < 4.78 is 5.28. The summed E-state index contributed by atoms with van der Waals surface area (Å²) in [5.41, 5.74) is 2.52. The molecule has 0 amide bonds. The fourth-order valence-electron chi connectivity index (χ4n) is 9.72. The monoisotopic (exact) mass is 536 g/mol. The molecule has 5 aliphatic rings. The molecule has 0 heterocycles. The standard InChI is InChI=1S/C34H36N2O4/c1-30-7-8-31(2,29(39)40-6)16-26(30)34(5)12-10-32(3)23-15-24(37)28(38)21-13-19(17-35)22(18-36)20(27(21)23)14-25(32)33(34,4)11-9-30/h13-15,26H,7-12,16H2,1-6H3/t26-,30+,31+,32+,33-,34+/m0/s1. The van der Waals surface area contributed by atoms with E-state index < -0.39 is 22.4 Å². The number of Topliss-reactive ketones (excluding diaryl/α,β-unsaturated/α-hetero) is 1. The van der Waals surface area contributed by atoms with Gasteiger partial charge < -0.3 is 4.74 Å². The third kappa shape index (κ3) is 3.00. The van der Waals surface area contributed by atoms with Gasteiger partial charge in [-0.25, -0.2) is 0 Å². The average molecular weight is 537 g/mol. The first-order valence-electron chi connectivity index (χ1n) is 14.4. The van der Waals surface area contributed by atoms with E-state index in [1.54, 1.807) is 0 Å². The highest BCUT2D eigenvalue weighted by Crippen LogP contribution is 2.76. The number of ketones is 2. The Balaban J connectivity index is 1.60. The first-order chi connectivity index (χ1) is 18.7. The van der Waals surface area contributed by atoms with Crippen molar-refractivity contribution < 1.29 is 19.1 Å². The number of esters is 1. The minimum Gasteiger partial charge on any atom is -0.469 e. The molecule has 6 heteroatoms. The molecule has 206 valence electrons. The zero-order valence-corrected chi connectivity index (χ0v) is 24.3. The fourth-order valence-corrected chi connectivity index (χ4v) is 9.72. The largest absolute Gasteiger partial charge is 0.469 e. The Labute approximate surface area is 236 Å². The lowest BCUT2D eigenvalue weighted by Crippen LogP contribution is -2.62. The van der Waals surface area contributed by atoms with Crippen LogP contribution >= 0.6 is 0 Å². The lowest BCUT2D eigenvalue weighted by Gasteiger charge is -2.70. The second-order valence-corrected chi connectivity index (χ2v) is 14.2. The van der Waals surface area contributed by atoms with Gasteiger partial charge in [-0.15, -0.1) is 0 Å². The first kappa shape index (κ1) is 26.7. The van der Waals surface area contributed by atoms with E-state index in [0.717, 1.165) is 50.5 Å². The van der Waals surface area contributed by atoms with Gasteiger partial charge in [0, 0.05) is 16.5 Å². The Bertz CT molecular complexity index is 1590. The van der Waals surface area contributed by atoms with E-state index in [4.69, 9.17) is 4.74 Å². The number of allylic oxidation sites excluding steroid dienone is 3. The molecular formula is C34H36N2O4. The van der Waals surface area contributed by atoms with E-state index in [-0.39, 0.29) is 44.8 Å². The van der Waals surface area contributed by atoms with Crippen molar-refractivity contribution in [1.82, 2.24) is 0 Å². The lowest BCUT2D eigenvalue weighted by atomic mass is 9.34. The van der Waals surface area contributed by atoms with Gasteiger partial charge in [0.25, 0.3) is 0 Å². The molecule has 0 aliphatic heterocycles. The summed E-state index contributed by atoms with van der Waals surface area (Å²) in [5.74, 6) is -1.04. The van der Waals surface area contributed by atoms with Crippen LogP contribution in [-0.2, 0) is 14.3 Å². The van der Waals surface area contributed by atoms with Gasteiger partial charge >= 0.3 is 5.97 Å². The van der Waals surface area contributed by atoms with Gasteiger partial charge in [0.2, 0.25) is 11.6 Å². The maximum absolute atomic E-state index is 13.0. The molecule has 0 N–H and O–H groups in total. The Morgan fingerprint density at radius 3 is 2.30 bits per heavy atom. The molecular weight excluding hydrogens is 500 g/mol. The highest BCUT2D eigenvalue weighted by molar-refractivity contribution is 6.51. The molecule has 40 heavy (non-hydrogen) atoms. The van der Waals surface area contributed by atoms with Crippen LogP contribution in [0, 0.1) is 55.7 Å². The van der Waals surface area contributed by atoms with Gasteiger partial charge in [0.1, 0.15) is 12.1 Å². The minimum absolute atomic E-state index is 0.105. The molecule has 0 aromatic heterocycles. The van der Waals surface area contributed by atoms with Crippen molar-refractivity contribution in [3.63, 3.8) is 0 Å². The number of nitrogens with zero attached hydrogens (tertiary/aromatic N) is 2. The quantitative estimate of drug-likeness (QED) is 0.297. The number of carbonyl (C=O) groups excluding carboxylic acids is 3. The Morgan fingerprint density at radius 1 is 0.950 bits per heavy atom. The third-order valence-corrected chi connectivity index (χ3v) is 12.5. The summed E-state index contributed by atoms with van der Waals surface area (Å²) in [4.78, 5) is 39.0. The second kappa shape index (κ2) is 8.03. The maximum Gasteiger partial charge on any atom is 0.311 e. The predicted octanol–water partition coefficient (Wildman–Crippen LogP) is 6.57. The number of benzene rings is 1. The summed E-state index contributed by atoms with van der Waals surface area (Å²) in [6, 6.07) is 5.76. The number of ether oxygens (including phenoxy) is 1. The Morgan fingerprint density at radius 2 is 1.65 bits per heavy atom. The van der Waals surface area contributed by atoms with Crippen molar-refractivity contribution in [1.29, 1.82) is 10.5 Å². The van der Waals surface area contributed by atoms with E-state index >= 15 is 0 Å². The Hall–Kier alpha value is -3.51. The highest BCUT2D eigenvalue weighted by atomic mass is 16.5. The number of rotatable bonds is 1. The summed E-state index contributed by atoms with van der Waals surface area (Å²) in [6.07, 6.45) is 9.85. The number of fused-ring (bicyclic) bond motifs is 6. The Kier molecular flexibility index (Phi) is 5.36. The average Bonchev–Trinajstić information content (AvgIpc) is 2.93. The van der Waals surface area contributed by atoms with Crippen LogP contribution in [0.15, 0.2) is 17.7 Å². The topological polar surface area (TPSA) is 108 Å². The van der Waals surface area contributed by atoms with Crippen molar-refractivity contribution in [2.45, 2.75) is 79.6 Å². The van der Waals surface area contributed by atoms with Gasteiger partial charge in [-0.3, -0.25) is 14.4 Å². The van der Waals surface area contributed by atoms with Crippen LogP contribution in [0.25, 0.3) is 11.6 Å². The lowest BCUT2D eigenvalue weighted by molar-refractivity contribution is -0.179. The van der Waals surface area contributed by atoms with Crippen LogP contribution in [0.3, 0.4) is 0 Å². The number of methoxy groups -OCH3 is 1. The zero-order valence-electron chi connectivity index (χ0n) is 24.3. The molecule has 0 spiro atoms. The zero-order chi connectivity index (χ0) is 29.0. The fraction of sp³-hybridized carbons (Fsp3) is 0.559. The molecule has 3 saturated carbocycles. The van der Waals surface area contributed by atoms with E-state index in [1.165, 1.54) is 24.8 Å². The number of hydrogen-bond acceptors (Lipinski definition) is 6. The SMILES string of the molecule is COC(=O)[C@]1(C)CC[C@]2(C)CC[C@@]3(C)C4=Cc5c(C#N)c(C#N)cc6c5C(=CC(=O)C6=O)[C@@]4(C)CC[C@]3(C)[C@H]2C1. The smallest absolute Gasteiger partial charge is 0.311 e. The normalized spacial score (nSPS) is 39.2. The molecule has 1 aromatic carbocycles. The number of hydrogen-bond donors (Lipinski definition) is 0. The van der Waals surface area contributed by atoms with Gasteiger partial charge in [-0.2, -0.15) is 10.5 Å². The predicted molar refractivity (Wildman–Crippen MR) is 150 cm³/mol. The molecule has 0 unspecified atom stereocenters. The minimum atomic E-state index is -0.619. The third-order valence-electron chi connectivity index (χ3n) is 12.5. The van der Waals surface area contributed by atoms with Crippen molar-refractivity contribution in [3.8, 4) is 12.1 Å². The van der Waals surface area contributed by atoms with Crippen molar-refractivity contribution in [2.24, 2.45) is 33.0 Å². The summed E-state index contributed by atoms with van der Waals surface area (Å²) in [7, 11) is 1.48. The van der Waals surface area contributed by atoms with Crippen molar-refractivity contribution in [3.05, 3.63) is 45.5 Å². The number of carbonyl (C=O) groups is 3. The maximum atomic E-state index is 13.0. The van der Waals surface area contributed by atoms with Crippen molar-refractivity contribution in [2.75, 3.05) is 7.11 Å². The van der Waals surface area contributed by atoms with E-state index in [9.17, 15) is 24.9 Å². The van der Waals surface area contributed by atoms with Crippen LogP contribution in [0.5, 0.6) is 0 Å².